The fraction of sp³-hybridized carbons (Fsp3) is 0.242. The van der Waals surface area contributed by atoms with Crippen molar-refractivity contribution in [3.8, 4) is 11.5 Å². The molecule has 43 heavy (non-hydrogen) atoms. The second kappa shape index (κ2) is 13.5. The number of thioether (sulfide) groups is 1. The fourth-order valence-corrected chi connectivity index (χ4v) is 7.04. The molecule has 1 atom stereocenters. The van der Waals surface area contributed by atoms with Crippen LogP contribution in [-0.4, -0.2) is 30.0 Å². The van der Waals surface area contributed by atoms with E-state index in [1.165, 1.54) is 11.3 Å². The molecule has 0 saturated carbocycles. The molecule has 5 rings (SSSR count). The van der Waals surface area contributed by atoms with Crippen molar-refractivity contribution in [2.45, 2.75) is 44.4 Å². The van der Waals surface area contributed by atoms with Crippen LogP contribution in [-0.2, 0) is 16.1 Å². The van der Waals surface area contributed by atoms with Gasteiger partial charge in [-0.05, 0) is 96.6 Å². The summed E-state index contributed by atoms with van der Waals surface area (Å²) in [7, 11) is 1.60. The molecule has 0 spiro atoms. The van der Waals surface area contributed by atoms with Gasteiger partial charge in [0.25, 0.3) is 5.56 Å². The second-order valence-corrected chi connectivity index (χ2v) is 13.2. The minimum Gasteiger partial charge on any atom is -0.493 e. The number of hydrogen-bond acceptors (Lipinski definition) is 8. The maximum atomic E-state index is 14.0. The number of fused-ring (bicyclic) bond motifs is 1. The molecule has 0 bridgehead atoms. The minimum atomic E-state index is -0.663. The van der Waals surface area contributed by atoms with E-state index in [-0.39, 0.29) is 11.7 Å². The van der Waals surface area contributed by atoms with E-state index in [1.807, 2.05) is 79.1 Å². The molecule has 7 nitrogen and oxygen atoms in total. The molecule has 2 heterocycles. The smallest absolute Gasteiger partial charge is 0.338 e. The van der Waals surface area contributed by atoms with Crippen LogP contribution in [0.3, 0.4) is 0 Å². The Morgan fingerprint density at radius 3 is 2.51 bits per heavy atom. The quantitative estimate of drug-likeness (QED) is 0.118. The predicted molar refractivity (Wildman–Crippen MR) is 180 cm³/mol. The Hall–Kier alpha value is -3.35. The Bertz CT molecular complexity index is 1860. The van der Waals surface area contributed by atoms with Crippen LogP contribution in [0.25, 0.3) is 6.08 Å². The molecule has 0 saturated heterocycles. The number of nitrogens with zero attached hydrogens (tertiary/aromatic N) is 2. The van der Waals surface area contributed by atoms with E-state index in [9.17, 15) is 9.59 Å². The molecule has 1 aromatic heterocycles. The van der Waals surface area contributed by atoms with Gasteiger partial charge in [0.2, 0.25) is 0 Å². The molecule has 222 valence electrons. The van der Waals surface area contributed by atoms with Gasteiger partial charge in [0.05, 0.1) is 38.6 Å². The van der Waals surface area contributed by atoms with Crippen molar-refractivity contribution in [3.63, 3.8) is 0 Å². The van der Waals surface area contributed by atoms with E-state index < -0.39 is 12.0 Å². The lowest BCUT2D eigenvalue weighted by Crippen LogP contribution is -2.40. The zero-order chi connectivity index (χ0) is 30.7. The highest BCUT2D eigenvalue weighted by molar-refractivity contribution is 14.1. The zero-order valence-electron chi connectivity index (χ0n) is 24.4. The van der Waals surface area contributed by atoms with Crippen molar-refractivity contribution in [2.24, 2.45) is 4.99 Å². The fourth-order valence-electron chi connectivity index (χ4n) is 4.81. The predicted octanol–water partition coefficient (Wildman–Crippen LogP) is 6.10. The van der Waals surface area contributed by atoms with Gasteiger partial charge < -0.3 is 14.2 Å². The summed E-state index contributed by atoms with van der Waals surface area (Å²) in [5.74, 6) is 0.737. The maximum Gasteiger partial charge on any atom is 0.338 e. The Balaban J connectivity index is 1.58. The SMILES string of the molecule is COc1cc(/C=c2\sc3n(c2=O)[C@@H](c2ccc(SC)cc2)C(C(=O)OC(C)C)=C(C)N=3)cc(I)c1OCc1ccccc1. The summed E-state index contributed by atoms with van der Waals surface area (Å²) in [5, 5.41) is 0. The van der Waals surface area contributed by atoms with Crippen LogP contribution < -0.4 is 24.4 Å². The van der Waals surface area contributed by atoms with E-state index in [0.717, 1.165) is 25.2 Å². The van der Waals surface area contributed by atoms with Gasteiger partial charge in [0.1, 0.15) is 6.61 Å². The number of carbonyl (C=O) groups excluding carboxylic acids is 1. The van der Waals surface area contributed by atoms with E-state index in [4.69, 9.17) is 19.2 Å². The second-order valence-electron chi connectivity index (χ2n) is 10.1. The molecule has 1 aliphatic rings. The van der Waals surface area contributed by atoms with E-state index in [2.05, 4.69) is 22.6 Å². The Labute approximate surface area is 272 Å². The van der Waals surface area contributed by atoms with Crippen LogP contribution in [0.5, 0.6) is 11.5 Å². The molecule has 1 aliphatic heterocycles. The number of thiazole rings is 1. The Morgan fingerprint density at radius 2 is 1.86 bits per heavy atom. The van der Waals surface area contributed by atoms with Gasteiger partial charge in [-0.2, -0.15) is 0 Å². The molecule has 0 N–H and O–H groups in total. The van der Waals surface area contributed by atoms with E-state index in [1.54, 1.807) is 44.2 Å². The molecule has 3 aromatic carbocycles. The Kier molecular flexibility index (Phi) is 9.78. The number of halogens is 1. The molecule has 0 aliphatic carbocycles. The van der Waals surface area contributed by atoms with Crippen molar-refractivity contribution < 1.29 is 19.0 Å². The number of aromatic nitrogens is 1. The van der Waals surface area contributed by atoms with Crippen molar-refractivity contribution in [1.29, 1.82) is 0 Å². The highest BCUT2D eigenvalue weighted by Crippen LogP contribution is 2.35. The van der Waals surface area contributed by atoms with Crippen LogP contribution >= 0.6 is 45.7 Å². The largest absolute Gasteiger partial charge is 0.493 e. The minimum absolute atomic E-state index is 0.233. The molecule has 0 unspecified atom stereocenters. The number of hydrogen-bond donors (Lipinski definition) is 0. The monoisotopic (exact) mass is 726 g/mol. The Morgan fingerprint density at radius 1 is 1.14 bits per heavy atom. The van der Waals surface area contributed by atoms with Crippen LogP contribution in [0.1, 0.15) is 43.5 Å². The lowest BCUT2D eigenvalue weighted by Gasteiger charge is -2.25. The number of esters is 1. The number of carbonyl (C=O) groups is 1. The summed E-state index contributed by atoms with van der Waals surface area (Å²) in [4.78, 5) is 33.7. The number of allylic oxidation sites excluding steroid dienone is 1. The lowest BCUT2D eigenvalue weighted by atomic mass is 9.96. The third kappa shape index (κ3) is 6.76. The molecule has 0 amide bonds. The molecule has 4 aromatic rings. The number of methoxy groups -OCH3 is 1. The first-order chi connectivity index (χ1) is 20.7. The normalized spacial score (nSPS) is 14.9. The first-order valence-electron chi connectivity index (χ1n) is 13.6. The van der Waals surface area contributed by atoms with E-state index >= 15 is 0 Å². The first-order valence-corrected chi connectivity index (χ1v) is 16.7. The third-order valence-corrected chi connectivity index (χ3v) is 9.32. The van der Waals surface area contributed by atoms with Gasteiger partial charge >= 0.3 is 5.97 Å². The maximum absolute atomic E-state index is 14.0. The first kappa shape index (κ1) is 31.1. The van der Waals surface area contributed by atoms with Gasteiger partial charge in [-0.25, -0.2) is 9.79 Å². The van der Waals surface area contributed by atoms with Gasteiger partial charge in [0.15, 0.2) is 16.3 Å². The van der Waals surface area contributed by atoms with Gasteiger partial charge in [-0.3, -0.25) is 9.36 Å². The van der Waals surface area contributed by atoms with Crippen LogP contribution in [0.4, 0.5) is 0 Å². The highest BCUT2D eigenvalue weighted by atomic mass is 127. The van der Waals surface area contributed by atoms with E-state index in [0.29, 0.717) is 38.7 Å². The van der Waals surface area contributed by atoms with Crippen LogP contribution in [0.15, 0.2) is 92.7 Å². The van der Waals surface area contributed by atoms with Crippen LogP contribution in [0, 0.1) is 3.57 Å². The molecule has 0 radical (unpaired) electrons. The van der Waals surface area contributed by atoms with Crippen molar-refractivity contribution in [2.75, 3.05) is 13.4 Å². The summed E-state index contributed by atoms with van der Waals surface area (Å²) < 4.78 is 20.4. The summed E-state index contributed by atoms with van der Waals surface area (Å²) >= 11 is 5.14. The number of benzene rings is 3. The number of ether oxygens (including phenoxy) is 3. The highest BCUT2D eigenvalue weighted by Gasteiger charge is 2.33. The summed E-state index contributed by atoms with van der Waals surface area (Å²) in [6.07, 6.45) is 3.52. The average Bonchev–Trinajstić information content (AvgIpc) is 3.29. The summed E-state index contributed by atoms with van der Waals surface area (Å²) in [6, 6.07) is 21.0. The number of rotatable bonds is 9. The van der Waals surface area contributed by atoms with Gasteiger partial charge in [-0.15, -0.1) is 11.8 Å². The topological polar surface area (TPSA) is 79.1 Å². The molecule has 0 fully saturated rings. The van der Waals surface area contributed by atoms with Gasteiger partial charge in [0, 0.05) is 4.90 Å². The van der Waals surface area contributed by atoms with Crippen LogP contribution in [0.2, 0.25) is 0 Å². The van der Waals surface area contributed by atoms with Gasteiger partial charge in [-0.1, -0.05) is 53.8 Å². The zero-order valence-corrected chi connectivity index (χ0v) is 28.2. The average molecular weight is 727 g/mol. The van der Waals surface area contributed by atoms with Crippen molar-refractivity contribution >= 4 is 57.7 Å². The van der Waals surface area contributed by atoms with Crippen molar-refractivity contribution in [3.05, 3.63) is 118 Å². The third-order valence-electron chi connectivity index (χ3n) is 6.79. The summed E-state index contributed by atoms with van der Waals surface area (Å²) in [6.45, 7) is 5.81. The standard InChI is InChI=1S/C33H31IN2O5S2/c1-19(2)41-32(38)28-20(3)35-33-36(29(28)23-11-13-24(42-5)14-12-23)31(37)27(43-33)17-22-15-25(34)30(26(16-22)39-4)40-18-21-9-7-6-8-10-21/h6-17,19,29H,18H2,1-5H3/b27-17-/t29-/m0/s1. The molecular formula is C33H31IN2O5S2. The summed E-state index contributed by atoms with van der Waals surface area (Å²) in [5.41, 5.74) is 3.31. The molecule has 10 heteroatoms. The van der Waals surface area contributed by atoms with Crippen molar-refractivity contribution in [1.82, 2.24) is 4.57 Å². The lowest BCUT2D eigenvalue weighted by molar-refractivity contribution is -0.143. The molecular weight excluding hydrogens is 695 g/mol.